The first-order chi connectivity index (χ1) is 12.5. The molecule has 1 unspecified atom stereocenters. The van der Waals surface area contributed by atoms with Crippen molar-refractivity contribution in [2.45, 2.75) is 92.4 Å². The molecule has 0 bridgehead atoms. The number of carbonyl (C=O) groups is 1. The molecule has 0 aromatic carbocycles. The van der Waals surface area contributed by atoms with E-state index in [-0.39, 0.29) is 0 Å². The summed E-state index contributed by atoms with van der Waals surface area (Å²) in [6.07, 6.45) is 18.0. The van der Waals surface area contributed by atoms with Gasteiger partial charge < -0.3 is 10.0 Å². The topological polar surface area (TPSA) is 40.5 Å². The first-order valence-corrected chi connectivity index (χ1v) is 10.4. The van der Waals surface area contributed by atoms with Gasteiger partial charge in [0.2, 0.25) is 0 Å². The van der Waals surface area contributed by atoms with Crippen LogP contribution in [0.15, 0.2) is 35.7 Å². The van der Waals surface area contributed by atoms with Gasteiger partial charge in [-0.25, -0.2) is 0 Å². The fourth-order valence-corrected chi connectivity index (χ4v) is 3.01. The van der Waals surface area contributed by atoms with Gasteiger partial charge in [0.15, 0.2) is 0 Å². The van der Waals surface area contributed by atoms with E-state index in [4.69, 9.17) is 5.11 Å². The van der Waals surface area contributed by atoms with Crippen molar-refractivity contribution >= 4 is 5.97 Å². The van der Waals surface area contributed by atoms with Crippen molar-refractivity contribution in [3.63, 3.8) is 0 Å². The summed E-state index contributed by atoms with van der Waals surface area (Å²) in [5.41, 5.74) is 2.89. The Balaban J connectivity index is 4.75. The van der Waals surface area contributed by atoms with Gasteiger partial charge in [0, 0.05) is 25.4 Å². The molecule has 0 fully saturated rings. The average molecular weight is 364 g/mol. The zero-order chi connectivity index (χ0) is 19.8. The second-order valence-corrected chi connectivity index (χ2v) is 7.15. The molecule has 1 atom stereocenters. The highest BCUT2D eigenvalue weighted by molar-refractivity contribution is 5.66. The van der Waals surface area contributed by atoms with Crippen LogP contribution < -0.4 is 0 Å². The maximum Gasteiger partial charge on any atom is 0.303 e. The molecule has 1 N–H and O–H groups in total. The molecular weight excluding hydrogens is 322 g/mol. The third kappa shape index (κ3) is 12.8. The smallest absolute Gasteiger partial charge is 0.303 e. The van der Waals surface area contributed by atoms with Crippen LogP contribution in [0.5, 0.6) is 0 Å². The van der Waals surface area contributed by atoms with E-state index in [1.54, 1.807) is 0 Å². The van der Waals surface area contributed by atoms with Crippen molar-refractivity contribution in [1.82, 2.24) is 4.90 Å². The van der Waals surface area contributed by atoms with E-state index in [1.807, 2.05) is 0 Å². The van der Waals surface area contributed by atoms with E-state index in [0.29, 0.717) is 12.3 Å². The van der Waals surface area contributed by atoms with Crippen LogP contribution >= 0.6 is 0 Å². The van der Waals surface area contributed by atoms with Gasteiger partial charge in [0.05, 0.1) is 0 Å². The molecule has 0 aliphatic rings. The predicted molar refractivity (Wildman–Crippen MR) is 113 cm³/mol. The first kappa shape index (κ1) is 24.5. The average Bonchev–Trinajstić information content (AvgIpc) is 2.61. The molecule has 26 heavy (non-hydrogen) atoms. The van der Waals surface area contributed by atoms with Gasteiger partial charge in [-0.3, -0.25) is 4.79 Å². The summed E-state index contributed by atoms with van der Waals surface area (Å²) in [5.74, 6) is -0.147. The van der Waals surface area contributed by atoms with Crippen LogP contribution in [0.3, 0.4) is 0 Å². The highest BCUT2D eigenvalue weighted by Gasteiger charge is 2.09. The highest BCUT2D eigenvalue weighted by Crippen LogP contribution is 2.18. The largest absolute Gasteiger partial charge is 0.481 e. The number of aliphatic carboxylic acids is 1. The molecule has 0 radical (unpaired) electrons. The zero-order valence-electron chi connectivity index (χ0n) is 17.8. The minimum atomic E-state index is -0.681. The lowest BCUT2D eigenvalue weighted by Crippen LogP contribution is -2.20. The molecule has 0 amide bonds. The van der Waals surface area contributed by atoms with Crippen molar-refractivity contribution in [1.29, 1.82) is 0 Å². The van der Waals surface area contributed by atoms with E-state index in [9.17, 15) is 4.79 Å². The molecule has 0 aromatic rings. The van der Waals surface area contributed by atoms with Gasteiger partial charge in [0.1, 0.15) is 0 Å². The molecule has 3 heteroatoms. The third-order valence-electron chi connectivity index (χ3n) is 4.83. The van der Waals surface area contributed by atoms with Crippen molar-refractivity contribution < 1.29 is 9.90 Å². The summed E-state index contributed by atoms with van der Waals surface area (Å²) in [5, 5.41) is 8.71. The van der Waals surface area contributed by atoms with Crippen molar-refractivity contribution in [2.75, 3.05) is 6.54 Å². The minimum Gasteiger partial charge on any atom is -0.481 e. The molecular formula is C23H41NO2. The molecule has 3 nitrogen and oxygen atoms in total. The monoisotopic (exact) mass is 363 g/mol. The Hall–Kier alpha value is -1.51. The summed E-state index contributed by atoms with van der Waals surface area (Å²) < 4.78 is 0. The summed E-state index contributed by atoms with van der Waals surface area (Å²) in [6, 6.07) is 0. The lowest BCUT2D eigenvalue weighted by molar-refractivity contribution is -0.137. The molecule has 0 rings (SSSR count). The molecule has 0 saturated heterocycles. The Morgan fingerprint density at radius 2 is 1.65 bits per heavy atom. The van der Waals surface area contributed by atoms with Crippen molar-refractivity contribution in [3.8, 4) is 0 Å². The van der Waals surface area contributed by atoms with Crippen LogP contribution in [-0.4, -0.2) is 22.5 Å². The molecule has 150 valence electrons. The fourth-order valence-electron chi connectivity index (χ4n) is 3.01. The van der Waals surface area contributed by atoms with E-state index in [2.05, 4.69) is 64.1 Å². The maximum absolute atomic E-state index is 10.6. The standard InChI is InChI=1S/C23H41NO2/c1-6-14-22(15-12-10-11-13-16-23(25)26)19-24(17-20(5)7-2)18-21(8-3)9-4/h6,14,17-18,22H,7-13,15-16,19H2,1-5H3,(H,25,26)/b14-6-,20-17-. The molecule has 0 aliphatic carbocycles. The van der Waals surface area contributed by atoms with Gasteiger partial charge >= 0.3 is 5.97 Å². The normalized spacial score (nSPS) is 13.0. The number of nitrogens with zero attached hydrogens (tertiary/aromatic N) is 1. The molecule has 0 spiro atoms. The van der Waals surface area contributed by atoms with E-state index in [1.165, 1.54) is 11.1 Å². The Labute approximate surface area is 161 Å². The molecule has 0 aliphatic heterocycles. The van der Waals surface area contributed by atoms with E-state index in [0.717, 1.165) is 57.9 Å². The summed E-state index contributed by atoms with van der Waals surface area (Å²) in [6.45, 7) is 12.0. The predicted octanol–water partition coefficient (Wildman–Crippen LogP) is 6.92. The molecule has 0 aromatic heterocycles. The third-order valence-corrected chi connectivity index (χ3v) is 4.83. The Morgan fingerprint density at radius 3 is 2.19 bits per heavy atom. The van der Waals surface area contributed by atoms with Crippen LogP contribution in [0.4, 0.5) is 0 Å². The second-order valence-electron chi connectivity index (χ2n) is 7.15. The highest BCUT2D eigenvalue weighted by atomic mass is 16.4. The van der Waals surface area contributed by atoms with Gasteiger partial charge in [-0.1, -0.05) is 63.3 Å². The quantitative estimate of drug-likeness (QED) is 0.253. The van der Waals surface area contributed by atoms with Gasteiger partial charge in [-0.2, -0.15) is 0 Å². The van der Waals surface area contributed by atoms with Crippen molar-refractivity contribution in [3.05, 3.63) is 35.7 Å². The summed E-state index contributed by atoms with van der Waals surface area (Å²) in [4.78, 5) is 13.0. The Bertz CT molecular complexity index is 457. The van der Waals surface area contributed by atoms with E-state index >= 15 is 0 Å². The van der Waals surface area contributed by atoms with E-state index < -0.39 is 5.97 Å². The van der Waals surface area contributed by atoms with Crippen LogP contribution in [0.25, 0.3) is 0 Å². The number of carboxylic acids is 1. The lowest BCUT2D eigenvalue weighted by atomic mass is 9.99. The van der Waals surface area contributed by atoms with Crippen LogP contribution in [0.1, 0.15) is 92.4 Å². The summed E-state index contributed by atoms with van der Waals surface area (Å²) >= 11 is 0. The van der Waals surface area contributed by atoms with Gasteiger partial charge in [-0.05, 0) is 51.9 Å². The second kappa shape index (κ2) is 15.7. The summed E-state index contributed by atoms with van der Waals surface area (Å²) in [7, 11) is 0. The molecule has 0 saturated carbocycles. The van der Waals surface area contributed by atoms with Gasteiger partial charge in [0.25, 0.3) is 0 Å². The van der Waals surface area contributed by atoms with Crippen molar-refractivity contribution in [2.24, 2.45) is 5.92 Å². The minimum absolute atomic E-state index is 0.300. The number of rotatable bonds is 15. The zero-order valence-corrected chi connectivity index (χ0v) is 17.8. The number of unbranched alkanes of at least 4 members (excludes halogenated alkanes) is 3. The number of carboxylic acid groups (broad SMARTS) is 1. The lowest BCUT2D eigenvalue weighted by Gasteiger charge is -2.24. The number of allylic oxidation sites excluding steroid dienone is 3. The fraction of sp³-hybridized carbons (Fsp3) is 0.696. The molecule has 0 heterocycles. The maximum atomic E-state index is 10.6. The Kier molecular flexibility index (Phi) is 14.8. The first-order valence-electron chi connectivity index (χ1n) is 10.4. The van der Waals surface area contributed by atoms with Crippen LogP contribution in [0.2, 0.25) is 0 Å². The SMILES string of the molecule is C/C=C\C(CCCCCCC(=O)O)CN(C=C(CC)CC)/C=C(/C)CC. The number of hydrogen-bond donors (Lipinski definition) is 1. The van der Waals surface area contributed by atoms with Crippen LogP contribution in [0, 0.1) is 5.92 Å². The van der Waals surface area contributed by atoms with Crippen LogP contribution in [-0.2, 0) is 4.79 Å². The number of hydrogen-bond acceptors (Lipinski definition) is 2. The Morgan fingerprint density at radius 1 is 1.00 bits per heavy atom. The van der Waals surface area contributed by atoms with Gasteiger partial charge in [-0.15, -0.1) is 0 Å².